The van der Waals surface area contributed by atoms with Crippen LogP contribution in [0.25, 0.3) is 0 Å². The summed E-state index contributed by atoms with van der Waals surface area (Å²) in [4.78, 5) is 17.6. The van der Waals surface area contributed by atoms with Crippen molar-refractivity contribution in [2.75, 3.05) is 31.1 Å². The highest BCUT2D eigenvalue weighted by atomic mass is 32.2. The van der Waals surface area contributed by atoms with Gasteiger partial charge in [0.1, 0.15) is 0 Å². The highest BCUT2D eigenvalue weighted by Gasteiger charge is 2.38. The summed E-state index contributed by atoms with van der Waals surface area (Å²) in [6.45, 7) is 11.0. The molecule has 1 atom stereocenters. The fourth-order valence-electron chi connectivity index (χ4n) is 4.57. The Kier molecular flexibility index (Phi) is 7.95. The van der Waals surface area contributed by atoms with Crippen LogP contribution in [0.2, 0.25) is 0 Å². The molecule has 1 unspecified atom stereocenters. The van der Waals surface area contributed by atoms with Gasteiger partial charge in [0.05, 0.1) is 18.1 Å². The largest absolute Gasteiger partial charge is 0.335 e. The number of sulfone groups is 1. The second-order valence-corrected chi connectivity index (χ2v) is 11.4. The number of carbonyl (C=O) groups excluding carboxylic acids is 1. The van der Waals surface area contributed by atoms with Crippen LogP contribution < -0.4 is 0 Å². The minimum absolute atomic E-state index is 0.115. The van der Waals surface area contributed by atoms with Crippen molar-refractivity contribution in [2.45, 2.75) is 78.3 Å². The number of rotatable bonds is 8. The molecular formula is C20H38N2O3S. The van der Waals surface area contributed by atoms with Gasteiger partial charge in [-0.2, -0.15) is 0 Å². The van der Waals surface area contributed by atoms with Crippen LogP contribution in [0, 0.1) is 11.8 Å². The third-order valence-electron chi connectivity index (χ3n) is 5.46. The molecule has 1 aliphatic carbocycles. The van der Waals surface area contributed by atoms with Crippen LogP contribution in [0.4, 0.5) is 0 Å². The van der Waals surface area contributed by atoms with Crippen molar-refractivity contribution in [1.82, 2.24) is 9.80 Å². The zero-order chi connectivity index (χ0) is 19.3. The van der Waals surface area contributed by atoms with Crippen LogP contribution in [0.1, 0.15) is 66.2 Å². The second kappa shape index (κ2) is 9.54. The van der Waals surface area contributed by atoms with Gasteiger partial charge in [-0.1, -0.05) is 47.0 Å². The average Bonchev–Trinajstić information content (AvgIpc) is 2.86. The van der Waals surface area contributed by atoms with Gasteiger partial charge >= 0.3 is 0 Å². The Labute approximate surface area is 160 Å². The molecule has 5 nitrogen and oxygen atoms in total. The SMILES string of the molecule is CC(C)CN(CC(=O)N(C1CCCCC1)C1CCS(=O)(=O)C1)CC(C)C. The molecule has 0 radical (unpaired) electrons. The van der Waals surface area contributed by atoms with Gasteiger partial charge in [-0.15, -0.1) is 0 Å². The Hall–Kier alpha value is -0.620. The van der Waals surface area contributed by atoms with Crippen molar-refractivity contribution in [3.05, 3.63) is 0 Å². The summed E-state index contributed by atoms with van der Waals surface area (Å²) in [5.41, 5.74) is 0. The van der Waals surface area contributed by atoms with E-state index < -0.39 is 9.84 Å². The predicted octanol–water partition coefficient (Wildman–Crippen LogP) is 2.95. The molecule has 1 saturated carbocycles. The van der Waals surface area contributed by atoms with Crippen LogP contribution >= 0.6 is 0 Å². The van der Waals surface area contributed by atoms with E-state index >= 15 is 0 Å². The fourth-order valence-corrected chi connectivity index (χ4v) is 6.28. The van der Waals surface area contributed by atoms with E-state index in [0.29, 0.717) is 24.8 Å². The number of hydrogen-bond acceptors (Lipinski definition) is 4. The molecule has 0 aromatic rings. The van der Waals surface area contributed by atoms with Crippen LogP contribution in [-0.4, -0.2) is 67.3 Å². The van der Waals surface area contributed by atoms with Gasteiger partial charge in [0.2, 0.25) is 5.91 Å². The van der Waals surface area contributed by atoms with Crippen LogP contribution in [-0.2, 0) is 14.6 Å². The zero-order valence-electron chi connectivity index (χ0n) is 17.1. The van der Waals surface area contributed by atoms with E-state index in [4.69, 9.17) is 0 Å². The van der Waals surface area contributed by atoms with Gasteiger partial charge in [0.25, 0.3) is 0 Å². The van der Waals surface area contributed by atoms with Gasteiger partial charge < -0.3 is 4.90 Å². The Balaban J connectivity index is 2.13. The molecular weight excluding hydrogens is 348 g/mol. The molecule has 1 heterocycles. The first-order chi connectivity index (χ1) is 12.2. The first-order valence-corrected chi connectivity index (χ1v) is 12.2. The van der Waals surface area contributed by atoms with E-state index in [0.717, 1.165) is 38.8 Å². The van der Waals surface area contributed by atoms with E-state index in [2.05, 4.69) is 32.6 Å². The summed E-state index contributed by atoms with van der Waals surface area (Å²) >= 11 is 0. The maximum atomic E-state index is 13.3. The van der Waals surface area contributed by atoms with Gasteiger partial charge in [0.15, 0.2) is 9.84 Å². The average molecular weight is 387 g/mol. The molecule has 2 rings (SSSR count). The first-order valence-electron chi connectivity index (χ1n) is 10.4. The molecule has 2 fully saturated rings. The van der Waals surface area contributed by atoms with Crippen LogP contribution in [0.5, 0.6) is 0 Å². The normalized spacial score (nSPS) is 23.9. The van der Waals surface area contributed by atoms with Gasteiger partial charge in [-0.3, -0.25) is 9.69 Å². The van der Waals surface area contributed by atoms with Crippen molar-refractivity contribution in [3.63, 3.8) is 0 Å². The summed E-state index contributed by atoms with van der Waals surface area (Å²) in [6.07, 6.45) is 6.19. The van der Waals surface area contributed by atoms with Crippen molar-refractivity contribution in [2.24, 2.45) is 11.8 Å². The third kappa shape index (κ3) is 6.52. The molecule has 0 bridgehead atoms. The lowest BCUT2D eigenvalue weighted by molar-refractivity contribution is -0.138. The Bertz CT molecular complexity index is 543. The monoisotopic (exact) mass is 386 g/mol. The van der Waals surface area contributed by atoms with Crippen LogP contribution in [0.15, 0.2) is 0 Å². The second-order valence-electron chi connectivity index (χ2n) is 9.13. The molecule has 1 amide bonds. The molecule has 0 N–H and O–H groups in total. The van der Waals surface area contributed by atoms with Gasteiger partial charge in [0, 0.05) is 25.2 Å². The van der Waals surface area contributed by atoms with Crippen LogP contribution in [0.3, 0.4) is 0 Å². The van der Waals surface area contributed by atoms with Crippen molar-refractivity contribution >= 4 is 15.7 Å². The van der Waals surface area contributed by atoms with E-state index in [1.165, 1.54) is 6.42 Å². The Morgan fingerprint density at radius 2 is 1.50 bits per heavy atom. The number of amides is 1. The van der Waals surface area contributed by atoms with E-state index in [1.54, 1.807) is 0 Å². The summed E-state index contributed by atoms with van der Waals surface area (Å²) in [5, 5.41) is 0. The lowest BCUT2D eigenvalue weighted by Gasteiger charge is -2.39. The number of hydrogen-bond donors (Lipinski definition) is 0. The van der Waals surface area contributed by atoms with Crippen molar-refractivity contribution < 1.29 is 13.2 Å². The topological polar surface area (TPSA) is 57.7 Å². The summed E-state index contributed by atoms with van der Waals surface area (Å²) in [5.74, 6) is 1.55. The minimum atomic E-state index is -2.99. The molecule has 0 aromatic carbocycles. The highest BCUT2D eigenvalue weighted by molar-refractivity contribution is 7.91. The van der Waals surface area contributed by atoms with Crippen molar-refractivity contribution in [3.8, 4) is 0 Å². The summed E-state index contributed by atoms with van der Waals surface area (Å²) in [6, 6.07) is 0.116. The summed E-state index contributed by atoms with van der Waals surface area (Å²) < 4.78 is 24.0. The predicted molar refractivity (Wildman–Crippen MR) is 107 cm³/mol. The molecule has 26 heavy (non-hydrogen) atoms. The molecule has 6 heteroatoms. The Morgan fingerprint density at radius 3 is 1.96 bits per heavy atom. The zero-order valence-corrected chi connectivity index (χ0v) is 17.9. The fraction of sp³-hybridized carbons (Fsp3) is 0.950. The maximum Gasteiger partial charge on any atom is 0.237 e. The van der Waals surface area contributed by atoms with Gasteiger partial charge in [-0.25, -0.2) is 8.42 Å². The van der Waals surface area contributed by atoms with Crippen molar-refractivity contribution in [1.29, 1.82) is 0 Å². The van der Waals surface area contributed by atoms with E-state index in [9.17, 15) is 13.2 Å². The quantitative estimate of drug-likeness (QED) is 0.643. The van der Waals surface area contributed by atoms with Gasteiger partial charge in [-0.05, 0) is 31.1 Å². The first kappa shape index (κ1) is 21.7. The third-order valence-corrected chi connectivity index (χ3v) is 7.21. The van der Waals surface area contributed by atoms with E-state index in [-0.39, 0.29) is 29.5 Å². The number of carbonyl (C=O) groups is 1. The molecule has 2 aliphatic rings. The highest BCUT2D eigenvalue weighted by Crippen LogP contribution is 2.28. The number of nitrogens with zero attached hydrogens (tertiary/aromatic N) is 2. The lowest BCUT2D eigenvalue weighted by atomic mass is 9.92. The molecule has 0 aromatic heterocycles. The molecule has 152 valence electrons. The maximum absolute atomic E-state index is 13.3. The van der Waals surface area contributed by atoms with E-state index in [1.807, 2.05) is 4.90 Å². The summed E-state index contributed by atoms with van der Waals surface area (Å²) in [7, 11) is -2.99. The lowest BCUT2D eigenvalue weighted by Crippen LogP contribution is -2.52. The smallest absolute Gasteiger partial charge is 0.237 e. The Morgan fingerprint density at radius 1 is 0.923 bits per heavy atom. The minimum Gasteiger partial charge on any atom is -0.335 e. The molecule has 1 aliphatic heterocycles. The standard InChI is InChI=1S/C20H38N2O3S/c1-16(2)12-21(13-17(3)4)14-20(23)22(18-8-6-5-7-9-18)19-10-11-26(24,25)15-19/h16-19H,5-15H2,1-4H3. The molecule has 1 saturated heterocycles. The molecule has 0 spiro atoms.